The minimum absolute atomic E-state index is 0.122. The van der Waals surface area contributed by atoms with Crippen LogP contribution in [0.25, 0.3) is 0 Å². The summed E-state index contributed by atoms with van der Waals surface area (Å²) in [4.78, 5) is 23.1. The number of nitrogens with one attached hydrogen (secondary N) is 2. The highest BCUT2D eigenvalue weighted by Crippen LogP contribution is 2.27. The number of likely N-dealkylation sites (tertiary alicyclic amines) is 1. The molecule has 0 spiro atoms. The Morgan fingerprint density at radius 2 is 2.24 bits per heavy atom. The van der Waals surface area contributed by atoms with E-state index in [4.69, 9.17) is 0 Å². The second kappa shape index (κ2) is 7.83. The number of aryl methyl sites for hydroxylation is 2. The van der Waals surface area contributed by atoms with Crippen LogP contribution in [0.5, 0.6) is 0 Å². The van der Waals surface area contributed by atoms with Crippen molar-refractivity contribution in [1.82, 2.24) is 30.4 Å². The first-order valence-electron chi connectivity index (χ1n) is 8.46. The van der Waals surface area contributed by atoms with Gasteiger partial charge in [0.15, 0.2) is 0 Å². The zero-order chi connectivity index (χ0) is 17.8. The fraction of sp³-hybridized carbons (Fsp3) is 0.562. The van der Waals surface area contributed by atoms with E-state index in [1.54, 1.807) is 7.05 Å². The predicted molar refractivity (Wildman–Crippen MR) is 97.2 cm³/mol. The molecule has 25 heavy (non-hydrogen) atoms. The molecule has 0 aliphatic carbocycles. The fourth-order valence-corrected chi connectivity index (χ4v) is 3.54. The number of amides is 1. The van der Waals surface area contributed by atoms with E-state index in [1.807, 2.05) is 17.9 Å². The van der Waals surface area contributed by atoms with Crippen LogP contribution in [0, 0.1) is 6.92 Å². The maximum Gasteiger partial charge on any atom is 0.236 e. The standard InChI is InChI=1S/C16H23N7OS/c1-4-13-21-22-16(25-13)20-12-7-10(2)18-15(19-12)11-5-6-23(9-11)14(24)8-17-3/h7,11,17H,4-6,8-9H2,1-3H3,(H,18,19,20,22)/t11-/m0/s1. The number of nitrogens with zero attached hydrogens (tertiary/aromatic N) is 5. The molecule has 8 nitrogen and oxygen atoms in total. The maximum atomic E-state index is 12.0. The fourth-order valence-electron chi connectivity index (χ4n) is 2.86. The minimum Gasteiger partial charge on any atom is -0.341 e. The van der Waals surface area contributed by atoms with Crippen LogP contribution in [-0.2, 0) is 11.2 Å². The summed E-state index contributed by atoms with van der Waals surface area (Å²) in [6.07, 6.45) is 1.75. The van der Waals surface area contributed by atoms with E-state index in [1.165, 1.54) is 11.3 Å². The molecule has 3 rings (SSSR count). The van der Waals surface area contributed by atoms with Crippen molar-refractivity contribution in [3.63, 3.8) is 0 Å². The van der Waals surface area contributed by atoms with Gasteiger partial charge in [0.1, 0.15) is 16.6 Å². The molecule has 0 radical (unpaired) electrons. The van der Waals surface area contributed by atoms with Gasteiger partial charge in [-0.05, 0) is 26.8 Å². The molecule has 2 aromatic heterocycles. The SMILES string of the molecule is CCc1nnc(Nc2cc(C)nc([C@H]3CCN(C(=O)CNC)C3)n2)s1. The summed E-state index contributed by atoms with van der Waals surface area (Å²) in [5.41, 5.74) is 0.896. The van der Waals surface area contributed by atoms with Crippen LogP contribution in [0.4, 0.5) is 10.9 Å². The normalized spacial score (nSPS) is 17.1. The number of anilines is 2. The highest BCUT2D eigenvalue weighted by molar-refractivity contribution is 7.15. The van der Waals surface area contributed by atoms with Gasteiger partial charge in [0.25, 0.3) is 0 Å². The predicted octanol–water partition coefficient (Wildman–Crippen LogP) is 1.48. The first-order valence-corrected chi connectivity index (χ1v) is 9.28. The summed E-state index contributed by atoms with van der Waals surface area (Å²) in [6, 6.07) is 1.90. The molecule has 1 atom stereocenters. The van der Waals surface area contributed by atoms with Gasteiger partial charge in [0.05, 0.1) is 6.54 Å². The third-order valence-corrected chi connectivity index (χ3v) is 5.09. The van der Waals surface area contributed by atoms with E-state index in [-0.39, 0.29) is 11.8 Å². The average Bonchev–Trinajstić information content (AvgIpc) is 3.23. The zero-order valence-corrected chi connectivity index (χ0v) is 15.6. The third kappa shape index (κ3) is 4.29. The quantitative estimate of drug-likeness (QED) is 0.804. The lowest BCUT2D eigenvalue weighted by atomic mass is 10.1. The lowest BCUT2D eigenvalue weighted by molar-refractivity contribution is -0.129. The molecule has 134 valence electrons. The third-order valence-electron chi connectivity index (χ3n) is 4.11. The smallest absolute Gasteiger partial charge is 0.236 e. The molecule has 0 aromatic carbocycles. The van der Waals surface area contributed by atoms with Crippen LogP contribution < -0.4 is 10.6 Å². The first-order chi connectivity index (χ1) is 12.1. The molecule has 1 saturated heterocycles. The number of carbonyl (C=O) groups excluding carboxylic acids is 1. The van der Waals surface area contributed by atoms with E-state index < -0.39 is 0 Å². The molecule has 2 N–H and O–H groups in total. The number of likely N-dealkylation sites (N-methyl/N-ethyl adjacent to an activating group) is 1. The van der Waals surface area contributed by atoms with Crippen molar-refractivity contribution in [3.8, 4) is 0 Å². The topological polar surface area (TPSA) is 95.9 Å². The monoisotopic (exact) mass is 361 g/mol. The molecule has 0 bridgehead atoms. The van der Waals surface area contributed by atoms with E-state index in [0.717, 1.165) is 46.9 Å². The van der Waals surface area contributed by atoms with Crippen molar-refractivity contribution >= 4 is 28.2 Å². The summed E-state index contributed by atoms with van der Waals surface area (Å²) >= 11 is 1.53. The molecule has 1 aliphatic rings. The molecule has 3 heterocycles. The Kier molecular flexibility index (Phi) is 5.54. The zero-order valence-electron chi connectivity index (χ0n) is 14.7. The van der Waals surface area contributed by atoms with Gasteiger partial charge in [-0.2, -0.15) is 0 Å². The van der Waals surface area contributed by atoms with Crippen LogP contribution in [0.3, 0.4) is 0 Å². The van der Waals surface area contributed by atoms with Crippen molar-refractivity contribution < 1.29 is 4.79 Å². The highest BCUT2D eigenvalue weighted by Gasteiger charge is 2.29. The van der Waals surface area contributed by atoms with Gasteiger partial charge in [-0.25, -0.2) is 9.97 Å². The van der Waals surface area contributed by atoms with Gasteiger partial charge >= 0.3 is 0 Å². The van der Waals surface area contributed by atoms with E-state index in [0.29, 0.717) is 13.1 Å². The van der Waals surface area contributed by atoms with Crippen LogP contribution in [0.15, 0.2) is 6.07 Å². The van der Waals surface area contributed by atoms with E-state index in [2.05, 4.69) is 37.7 Å². The lowest BCUT2D eigenvalue weighted by Gasteiger charge is -2.16. The minimum atomic E-state index is 0.122. The molecule has 0 unspecified atom stereocenters. The van der Waals surface area contributed by atoms with Gasteiger partial charge in [0, 0.05) is 30.8 Å². The van der Waals surface area contributed by atoms with Gasteiger partial charge in [-0.3, -0.25) is 4.79 Å². The summed E-state index contributed by atoms with van der Waals surface area (Å²) in [5.74, 6) is 1.79. The molecule has 0 saturated carbocycles. The Morgan fingerprint density at radius 1 is 1.40 bits per heavy atom. The first kappa shape index (κ1) is 17.7. The van der Waals surface area contributed by atoms with Crippen LogP contribution in [0.2, 0.25) is 0 Å². The number of rotatable bonds is 6. The largest absolute Gasteiger partial charge is 0.341 e. The summed E-state index contributed by atoms with van der Waals surface area (Å²) < 4.78 is 0. The van der Waals surface area contributed by atoms with Crippen molar-refractivity contribution in [2.75, 3.05) is 32.0 Å². The Balaban J connectivity index is 1.72. The van der Waals surface area contributed by atoms with E-state index in [9.17, 15) is 4.79 Å². The maximum absolute atomic E-state index is 12.0. The lowest BCUT2D eigenvalue weighted by Crippen LogP contribution is -2.35. The summed E-state index contributed by atoms with van der Waals surface area (Å²) in [6.45, 7) is 5.79. The number of hydrogen-bond donors (Lipinski definition) is 2. The number of carbonyl (C=O) groups is 1. The van der Waals surface area contributed by atoms with Gasteiger partial charge < -0.3 is 15.5 Å². The Hall–Kier alpha value is -2.13. The second-order valence-corrected chi connectivity index (χ2v) is 7.15. The molecule has 2 aromatic rings. The molecule has 1 aliphatic heterocycles. The van der Waals surface area contributed by atoms with Crippen molar-refractivity contribution in [1.29, 1.82) is 0 Å². The second-order valence-electron chi connectivity index (χ2n) is 6.09. The van der Waals surface area contributed by atoms with Crippen LogP contribution >= 0.6 is 11.3 Å². The Morgan fingerprint density at radius 3 is 2.96 bits per heavy atom. The molecule has 1 fully saturated rings. The van der Waals surface area contributed by atoms with Crippen LogP contribution in [-0.4, -0.2) is 57.7 Å². The van der Waals surface area contributed by atoms with Gasteiger partial charge in [0.2, 0.25) is 11.0 Å². The summed E-state index contributed by atoms with van der Waals surface area (Å²) in [5, 5.41) is 16.1. The molecular formula is C16H23N7OS. The Labute approximate surface area is 151 Å². The number of aromatic nitrogens is 4. The molecular weight excluding hydrogens is 338 g/mol. The van der Waals surface area contributed by atoms with Crippen LogP contribution in [0.1, 0.15) is 35.8 Å². The van der Waals surface area contributed by atoms with Gasteiger partial charge in [-0.15, -0.1) is 10.2 Å². The van der Waals surface area contributed by atoms with E-state index >= 15 is 0 Å². The molecule has 9 heteroatoms. The summed E-state index contributed by atoms with van der Waals surface area (Å²) in [7, 11) is 1.78. The van der Waals surface area contributed by atoms with Crippen molar-refractivity contribution in [3.05, 3.63) is 22.6 Å². The molecule has 1 amide bonds. The van der Waals surface area contributed by atoms with Gasteiger partial charge in [-0.1, -0.05) is 18.3 Å². The van der Waals surface area contributed by atoms with Crippen molar-refractivity contribution in [2.45, 2.75) is 32.6 Å². The number of hydrogen-bond acceptors (Lipinski definition) is 8. The average molecular weight is 361 g/mol. The highest BCUT2D eigenvalue weighted by atomic mass is 32.1. The van der Waals surface area contributed by atoms with Crippen molar-refractivity contribution in [2.24, 2.45) is 0 Å². The Bertz CT molecular complexity index is 748.